The van der Waals surface area contributed by atoms with Crippen LogP contribution in [0.25, 0.3) is 0 Å². The number of likely N-dealkylation sites (tertiary alicyclic amines) is 1. The topological polar surface area (TPSA) is 138 Å². The van der Waals surface area contributed by atoms with Gasteiger partial charge in [0.2, 0.25) is 23.6 Å². The lowest BCUT2D eigenvalue weighted by atomic mass is 9.90. The van der Waals surface area contributed by atoms with E-state index in [1.54, 1.807) is 30.9 Å². The third-order valence-corrected chi connectivity index (χ3v) is 9.97. The highest BCUT2D eigenvalue weighted by Gasteiger charge is 2.42. The average Bonchev–Trinajstić information content (AvgIpc) is 3.56. The van der Waals surface area contributed by atoms with Gasteiger partial charge in [-0.1, -0.05) is 71.4 Å². The summed E-state index contributed by atoms with van der Waals surface area (Å²) < 4.78 is 11.8. The number of nitrogens with one attached hydrogen (secondary N) is 2. The molecule has 1 heterocycles. The van der Waals surface area contributed by atoms with Gasteiger partial charge >= 0.3 is 0 Å². The number of nitrogens with zero attached hydrogens (tertiary/aromatic N) is 3. The Morgan fingerprint density at radius 1 is 1.00 bits per heavy atom. The second-order valence-electron chi connectivity index (χ2n) is 14.0. The Kier molecular flexibility index (Phi) is 17.4. The van der Waals surface area contributed by atoms with E-state index in [9.17, 15) is 24.0 Å². The molecule has 8 atom stereocenters. The molecule has 12 nitrogen and oxygen atoms in total. The highest BCUT2D eigenvalue weighted by Crippen LogP contribution is 2.29. The fourth-order valence-corrected chi connectivity index (χ4v) is 7.17. The van der Waals surface area contributed by atoms with Crippen molar-refractivity contribution >= 4 is 29.9 Å². The largest absolute Gasteiger partial charge is 0.379 e. The first-order valence-corrected chi connectivity index (χ1v) is 17.6. The van der Waals surface area contributed by atoms with Crippen molar-refractivity contribution in [3.63, 3.8) is 0 Å². The summed E-state index contributed by atoms with van der Waals surface area (Å²) in [5.74, 6) is -1.51. The molecule has 1 fully saturated rings. The molecule has 0 aromatic heterocycles. The Labute approximate surface area is 293 Å². The molecule has 0 saturated carbocycles. The number of methoxy groups -OCH3 is 2. The molecule has 0 bridgehead atoms. The number of carbonyl (C=O) groups is 5. The zero-order chi connectivity index (χ0) is 36.8. The average molecular weight is 688 g/mol. The Hall–Kier alpha value is -3.35. The summed E-state index contributed by atoms with van der Waals surface area (Å²) in [5, 5.41) is 5.65. The number of hydrogen-bond acceptors (Lipinski definition) is 8. The maximum absolute atomic E-state index is 14.0. The summed E-state index contributed by atoms with van der Waals surface area (Å²) in [6.07, 6.45) is 2.12. The number of benzene rings is 1. The molecule has 0 spiro atoms. The standard InChI is InChI=1S/C37H61N5O7/c1-11-25(4)34(41(8)32(45)22-38-37(47)33(24(2)3)40(6)7)30(48-9)21-31(44)42-19-15-18-29(42)35(49-10)26(5)36(46)39-28(23-43)20-27-16-13-12-14-17-27/h12-14,16-17,23-26,28-30,33-35H,11,15,18-22H2,1-10H3,(H,38,47)(H,39,46)/t25-,26+,28-,29-,30+,33?,34?,35+/m0/s1. The Morgan fingerprint density at radius 2 is 1.65 bits per heavy atom. The first kappa shape index (κ1) is 41.8. The number of aldehydes is 1. The van der Waals surface area contributed by atoms with E-state index in [2.05, 4.69) is 10.6 Å². The van der Waals surface area contributed by atoms with Gasteiger partial charge in [-0.3, -0.25) is 24.1 Å². The van der Waals surface area contributed by atoms with Gasteiger partial charge in [-0.15, -0.1) is 0 Å². The quantitative estimate of drug-likeness (QED) is 0.200. The maximum atomic E-state index is 14.0. The molecule has 1 aromatic rings. The minimum Gasteiger partial charge on any atom is -0.379 e. The van der Waals surface area contributed by atoms with Crippen molar-refractivity contribution in [2.75, 3.05) is 48.5 Å². The number of carbonyl (C=O) groups excluding carboxylic acids is 5. The van der Waals surface area contributed by atoms with Gasteiger partial charge in [0.05, 0.1) is 55.3 Å². The van der Waals surface area contributed by atoms with E-state index in [-0.39, 0.29) is 60.5 Å². The summed E-state index contributed by atoms with van der Waals surface area (Å²) in [5.41, 5.74) is 0.938. The SMILES string of the molecule is CC[C@H](C)C([C@@H](CC(=O)N1CCC[C@H]1[C@H](OC)[C@@H](C)C(=O)N[C@H](C=O)Cc1ccccc1)OC)N(C)C(=O)CNC(=O)C(C(C)C)N(C)C. The van der Waals surface area contributed by atoms with Crippen LogP contribution in [0.3, 0.4) is 0 Å². The predicted molar refractivity (Wildman–Crippen MR) is 190 cm³/mol. The van der Waals surface area contributed by atoms with Crippen LogP contribution in [0.4, 0.5) is 0 Å². The maximum Gasteiger partial charge on any atom is 0.242 e. The molecule has 1 aliphatic heterocycles. The highest BCUT2D eigenvalue weighted by molar-refractivity contribution is 5.88. The molecule has 2 rings (SSSR count). The van der Waals surface area contributed by atoms with Crippen LogP contribution in [0, 0.1) is 17.8 Å². The number of ether oxygens (including phenoxy) is 2. The van der Waals surface area contributed by atoms with Crippen LogP contribution in [0.2, 0.25) is 0 Å². The van der Waals surface area contributed by atoms with Crippen molar-refractivity contribution in [3.8, 4) is 0 Å². The summed E-state index contributed by atoms with van der Waals surface area (Å²) in [6.45, 7) is 10.1. The van der Waals surface area contributed by atoms with Gasteiger partial charge in [-0.2, -0.15) is 0 Å². The fourth-order valence-electron chi connectivity index (χ4n) is 7.17. The summed E-state index contributed by atoms with van der Waals surface area (Å²) in [7, 11) is 8.45. The lowest BCUT2D eigenvalue weighted by molar-refractivity contribution is -0.146. The van der Waals surface area contributed by atoms with Gasteiger partial charge < -0.3 is 34.7 Å². The third-order valence-electron chi connectivity index (χ3n) is 9.97. The second-order valence-corrected chi connectivity index (χ2v) is 14.0. The van der Waals surface area contributed by atoms with Gasteiger partial charge in [-0.25, -0.2) is 0 Å². The molecule has 1 aliphatic rings. The number of hydrogen-bond donors (Lipinski definition) is 2. The van der Waals surface area contributed by atoms with E-state index in [1.165, 1.54) is 7.11 Å². The lowest BCUT2D eigenvalue weighted by Gasteiger charge is -2.39. The molecule has 0 aliphatic carbocycles. The van der Waals surface area contributed by atoms with Gasteiger partial charge in [0.1, 0.15) is 6.29 Å². The Morgan fingerprint density at radius 3 is 2.18 bits per heavy atom. The molecule has 49 heavy (non-hydrogen) atoms. The minimum absolute atomic E-state index is 0.000873. The first-order chi connectivity index (χ1) is 23.2. The zero-order valence-electron chi connectivity index (χ0n) is 31.3. The normalized spacial score (nSPS) is 19.0. The van der Waals surface area contributed by atoms with Crippen LogP contribution in [0.15, 0.2) is 30.3 Å². The minimum atomic E-state index is -0.686. The second kappa shape index (κ2) is 20.4. The predicted octanol–water partition coefficient (Wildman–Crippen LogP) is 2.54. The van der Waals surface area contributed by atoms with E-state index in [4.69, 9.17) is 9.47 Å². The van der Waals surface area contributed by atoms with Crippen molar-refractivity contribution in [1.29, 1.82) is 0 Å². The van der Waals surface area contributed by atoms with Crippen molar-refractivity contribution in [2.24, 2.45) is 17.8 Å². The Balaban J connectivity index is 2.15. The van der Waals surface area contributed by atoms with Gasteiger partial charge in [-0.05, 0) is 50.8 Å². The van der Waals surface area contributed by atoms with E-state index in [1.807, 2.05) is 77.0 Å². The monoisotopic (exact) mass is 687 g/mol. The van der Waals surface area contributed by atoms with Crippen LogP contribution in [-0.2, 0) is 39.9 Å². The van der Waals surface area contributed by atoms with Gasteiger partial charge in [0.15, 0.2) is 0 Å². The van der Waals surface area contributed by atoms with Crippen molar-refractivity contribution in [1.82, 2.24) is 25.3 Å². The summed E-state index contributed by atoms with van der Waals surface area (Å²) >= 11 is 0. The molecule has 0 radical (unpaired) electrons. The van der Waals surface area contributed by atoms with Crippen LogP contribution in [0.1, 0.15) is 65.9 Å². The number of amides is 4. The summed E-state index contributed by atoms with van der Waals surface area (Å²) in [6, 6.07) is 7.66. The zero-order valence-corrected chi connectivity index (χ0v) is 31.3. The van der Waals surface area contributed by atoms with E-state index in [0.29, 0.717) is 19.4 Å². The van der Waals surface area contributed by atoms with Gasteiger partial charge in [0.25, 0.3) is 0 Å². The molecule has 12 heteroatoms. The number of rotatable bonds is 20. The van der Waals surface area contributed by atoms with Crippen molar-refractivity contribution < 1.29 is 33.4 Å². The van der Waals surface area contributed by atoms with Crippen LogP contribution in [-0.4, -0.2) is 129 Å². The molecule has 2 unspecified atom stereocenters. The fraction of sp³-hybridized carbons (Fsp3) is 0.703. The molecule has 4 amide bonds. The molecule has 2 N–H and O–H groups in total. The lowest BCUT2D eigenvalue weighted by Crippen LogP contribution is -2.55. The van der Waals surface area contributed by atoms with Gasteiger partial charge in [0, 0.05) is 27.8 Å². The van der Waals surface area contributed by atoms with Crippen LogP contribution in [0.5, 0.6) is 0 Å². The highest BCUT2D eigenvalue weighted by atomic mass is 16.5. The molecule has 1 saturated heterocycles. The van der Waals surface area contributed by atoms with Crippen molar-refractivity contribution in [3.05, 3.63) is 35.9 Å². The number of likely N-dealkylation sites (N-methyl/N-ethyl adjacent to an activating group) is 2. The summed E-state index contributed by atoms with van der Waals surface area (Å²) in [4.78, 5) is 70.7. The third kappa shape index (κ3) is 11.6. The van der Waals surface area contributed by atoms with Crippen LogP contribution < -0.4 is 10.6 Å². The smallest absolute Gasteiger partial charge is 0.242 e. The molecular formula is C37H61N5O7. The first-order valence-electron chi connectivity index (χ1n) is 17.6. The van der Waals surface area contributed by atoms with E-state index in [0.717, 1.165) is 24.7 Å². The van der Waals surface area contributed by atoms with E-state index >= 15 is 0 Å². The molecular weight excluding hydrogens is 626 g/mol. The van der Waals surface area contributed by atoms with E-state index < -0.39 is 30.2 Å². The van der Waals surface area contributed by atoms with Crippen LogP contribution >= 0.6 is 0 Å². The Bertz CT molecular complexity index is 1200. The molecule has 1 aromatic carbocycles. The molecule has 276 valence electrons. The van der Waals surface area contributed by atoms with Crippen molar-refractivity contribution in [2.45, 2.75) is 103 Å².